The lowest BCUT2D eigenvalue weighted by atomic mass is 9.99. The molecule has 0 fully saturated rings. The molecule has 2 aromatic rings. The fourth-order valence-electron chi connectivity index (χ4n) is 2.20. The number of hydrogen-bond donors (Lipinski definition) is 1. The van der Waals surface area contributed by atoms with Crippen molar-refractivity contribution in [2.45, 2.75) is 19.4 Å². The van der Waals surface area contributed by atoms with Gasteiger partial charge in [0.1, 0.15) is 0 Å². The van der Waals surface area contributed by atoms with Gasteiger partial charge in [0.05, 0.1) is 0 Å². The van der Waals surface area contributed by atoms with Crippen molar-refractivity contribution in [3.63, 3.8) is 0 Å². The Morgan fingerprint density at radius 2 is 1.84 bits per heavy atom. The largest absolute Gasteiger partial charge is 0.310 e. The summed E-state index contributed by atoms with van der Waals surface area (Å²) in [6, 6.07) is 16.1. The van der Waals surface area contributed by atoms with Gasteiger partial charge in [-0.2, -0.15) is 0 Å². The molecule has 0 aliphatic rings. The average molecular weight is 294 g/mol. The molecule has 0 aromatic heterocycles. The predicted octanol–water partition coefficient (Wildman–Crippen LogP) is 4.89. The Hall–Kier alpha value is -1.02. The van der Waals surface area contributed by atoms with Gasteiger partial charge >= 0.3 is 0 Å². The first-order valence-electron chi connectivity index (χ1n) is 6.43. The van der Waals surface area contributed by atoms with Gasteiger partial charge in [-0.1, -0.05) is 60.5 Å². The lowest BCUT2D eigenvalue weighted by molar-refractivity contribution is 0.550. The first-order valence-corrected chi connectivity index (χ1v) is 7.18. The normalized spacial score (nSPS) is 12.4. The maximum atomic E-state index is 6.29. The minimum atomic E-state index is 0.206. The summed E-state index contributed by atoms with van der Waals surface area (Å²) in [6.07, 6.45) is 0.873. The van der Waals surface area contributed by atoms with Crippen LogP contribution in [0.4, 0.5) is 0 Å². The zero-order chi connectivity index (χ0) is 13.7. The van der Waals surface area contributed by atoms with Gasteiger partial charge in [-0.25, -0.2) is 0 Å². The molecule has 100 valence electrons. The third kappa shape index (κ3) is 3.97. The number of hydrogen-bond acceptors (Lipinski definition) is 1. The summed E-state index contributed by atoms with van der Waals surface area (Å²) in [5.41, 5.74) is 2.34. The Bertz CT molecular complexity index is 540. The molecule has 1 atom stereocenters. The minimum Gasteiger partial charge on any atom is -0.310 e. The molecule has 0 heterocycles. The Kier molecular flexibility index (Phi) is 5.26. The summed E-state index contributed by atoms with van der Waals surface area (Å²) in [4.78, 5) is 0. The van der Waals surface area contributed by atoms with Crippen LogP contribution in [-0.4, -0.2) is 6.54 Å². The van der Waals surface area contributed by atoms with E-state index in [1.807, 2.05) is 36.4 Å². The van der Waals surface area contributed by atoms with E-state index in [0.717, 1.165) is 28.6 Å². The highest BCUT2D eigenvalue weighted by Crippen LogP contribution is 2.26. The first kappa shape index (κ1) is 14.4. The van der Waals surface area contributed by atoms with Crippen molar-refractivity contribution in [1.29, 1.82) is 0 Å². The standard InChI is InChI=1S/C16H17Cl2N/c1-2-19-16(14-8-3-4-9-15(14)18)11-12-6-5-7-13(17)10-12/h3-10,16,19H,2,11H2,1H3. The Morgan fingerprint density at radius 1 is 1.05 bits per heavy atom. The molecule has 19 heavy (non-hydrogen) atoms. The molecule has 0 saturated heterocycles. The average Bonchev–Trinajstić information content (AvgIpc) is 2.39. The maximum Gasteiger partial charge on any atom is 0.0453 e. The molecule has 2 aromatic carbocycles. The second kappa shape index (κ2) is 6.95. The summed E-state index contributed by atoms with van der Waals surface area (Å²) in [6.45, 7) is 3.00. The third-order valence-electron chi connectivity index (χ3n) is 3.06. The molecule has 2 rings (SSSR count). The number of rotatable bonds is 5. The van der Waals surface area contributed by atoms with E-state index in [4.69, 9.17) is 23.2 Å². The molecule has 0 aliphatic carbocycles. The molecule has 0 amide bonds. The van der Waals surface area contributed by atoms with Crippen LogP contribution in [0.3, 0.4) is 0 Å². The van der Waals surface area contributed by atoms with Crippen LogP contribution in [0.25, 0.3) is 0 Å². The summed E-state index contributed by atoms with van der Waals surface area (Å²) in [5.74, 6) is 0. The van der Waals surface area contributed by atoms with Gasteiger partial charge in [0.2, 0.25) is 0 Å². The third-order valence-corrected chi connectivity index (χ3v) is 3.64. The molecule has 0 spiro atoms. The molecule has 1 unspecified atom stereocenters. The van der Waals surface area contributed by atoms with Crippen LogP contribution < -0.4 is 5.32 Å². The number of likely N-dealkylation sites (N-methyl/N-ethyl adjacent to an activating group) is 1. The van der Waals surface area contributed by atoms with Gasteiger partial charge in [0.15, 0.2) is 0 Å². The smallest absolute Gasteiger partial charge is 0.0453 e. The molecule has 0 radical (unpaired) electrons. The molecule has 0 saturated carbocycles. The number of halogens is 2. The SMILES string of the molecule is CCNC(Cc1cccc(Cl)c1)c1ccccc1Cl. The van der Waals surface area contributed by atoms with Gasteiger partial charge in [-0.05, 0) is 42.3 Å². The van der Waals surface area contributed by atoms with Gasteiger partial charge in [-0.3, -0.25) is 0 Å². The zero-order valence-corrected chi connectivity index (χ0v) is 12.4. The van der Waals surface area contributed by atoms with E-state index in [1.54, 1.807) is 0 Å². The van der Waals surface area contributed by atoms with Crippen LogP contribution in [-0.2, 0) is 6.42 Å². The van der Waals surface area contributed by atoms with Crippen molar-refractivity contribution in [3.05, 3.63) is 69.7 Å². The van der Waals surface area contributed by atoms with Gasteiger partial charge in [0.25, 0.3) is 0 Å². The highest BCUT2D eigenvalue weighted by molar-refractivity contribution is 6.31. The van der Waals surface area contributed by atoms with Gasteiger partial charge in [0, 0.05) is 16.1 Å². The lowest BCUT2D eigenvalue weighted by Gasteiger charge is -2.19. The maximum absolute atomic E-state index is 6.29. The Labute approximate surface area is 124 Å². The van der Waals surface area contributed by atoms with Crippen molar-refractivity contribution < 1.29 is 0 Å². The summed E-state index contributed by atoms with van der Waals surface area (Å²) in [7, 11) is 0. The molecule has 1 nitrogen and oxygen atoms in total. The van der Waals surface area contributed by atoms with Crippen molar-refractivity contribution in [3.8, 4) is 0 Å². The van der Waals surface area contributed by atoms with E-state index in [1.165, 1.54) is 5.56 Å². The van der Waals surface area contributed by atoms with Crippen LogP contribution in [0.5, 0.6) is 0 Å². The zero-order valence-electron chi connectivity index (χ0n) is 10.9. The molecule has 0 bridgehead atoms. The summed E-state index contributed by atoms with van der Waals surface area (Å²) >= 11 is 12.3. The van der Waals surface area contributed by atoms with Crippen LogP contribution in [0.2, 0.25) is 10.0 Å². The molecular formula is C16H17Cl2N. The fourth-order valence-corrected chi connectivity index (χ4v) is 2.68. The second-order valence-electron chi connectivity index (χ2n) is 4.47. The minimum absolute atomic E-state index is 0.206. The highest BCUT2D eigenvalue weighted by Gasteiger charge is 2.14. The van der Waals surface area contributed by atoms with Crippen molar-refractivity contribution >= 4 is 23.2 Å². The van der Waals surface area contributed by atoms with E-state index in [2.05, 4.69) is 24.4 Å². The van der Waals surface area contributed by atoms with Crippen LogP contribution in [0, 0.1) is 0 Å². The van der Waals surface area contributed by atoms with E-state index in [9.17, 15) is 0 Å². The van der Waals surface area contributed by atoms with E-state index < -0.39 is 0 Å². The Balaban J connectivity index is 2.24. The summed E-state index contributed by atoms with van der Waals surface area (Å²) < 4.78 is 0. The topological polar surface area (TPSA) is 12.0 Å². The first-order chi connectivity index (χ1) is 9.20. The van der Waals surface area contributed by atoms with E-state index >= 15 is 0 Å². The van der Waals surface area contributed by atoms with Crippen molar-refractivity contribution in [2.24, 2.45) is 0 Å². The van der Waals surface area contributed by atoms with Crippen LogP contribution >= 0.6 is 23.2 Å². The molecule has 0 aliphatic heterocycles. The van der Waals surface area contributed by atoms with E-state index in [-0.39, 0.29) is 6.04 Å². The Morgan fingerprint density at radius 3 is 2.53 bits per heavy atom. The molecular weight excluding hydrogens is 277 g/mol. The fraction of sp³-hybridized carbons (Fsp3) is 0.250. The van der Waals surface area contributed by atoms with Crippen molar-refractivity contribution in [2.75, 3.05) is 6.54 Å². The van der Waals surface area contributed by atoms with Gasteiger partial charge < -0.3 is 5.32 Å². The number of benzene rings is 2. The lowest BCUT2D eigenvalue weighted by Crippen LogP contribution is -2.23. The summed E-state index contributed by atoms with van der Waals surface area (Å²) in [5, 5.41) is 5.05. The molecule has 1 N–H and O–H groups in total. The molecule has 3 heteroatoms. The van der Waals surface area contributed by atoms with E-state index in [0.29, 0.717) is 0 Å². The monoisotopic (exact) mass is 293 g/mol. The predicted molar refractivity (Wildman–Crippen MR) is 83.0 cm³/mol. The van der Waals surface area contributed by atoms with Gasteiger partial charge in [-0.15, -0.1) is 0 Å². The number of nitrogens with one attached hydrogen (secondary N) is 1. The quantitative estimate of drug-likeness (QED) is 0.828. The van der Waals surface area contributed by atoms with Crippen LogP contribution in [0.1, 0.15) is 24.1 Å². The van der Waals surface area contributed by atoms with Crippen molar-refractivity contribution in [1.82, 2.24) is 5.32 Å². The van der Waals surface area contributed by atoms with Crippen LogP contribution in [0.15, 0.2) is 48.5 Å². The second-order valence-corrected chi connectivity index (χ2v) is 5.31. The highest BCUT2D eigenvalue weighted by atomic mass is 35.5.